The lowest BCUT2D eigenvalue weighted by atomic mass is 9.94. The van der Waals surface area contributed by atoms with Crippen molar-refractivity contribution >= 4 is 21.6 Å². The fourth-order valence-electron chi connectivity index (χ4n) is 4.12. The fourth-order valence-corrected chi connectivity index (χ4v) is 4.61. The minimum absolute atomic E-state index is 0.00188. The first-order chi connectivity index (χ1) is 19.1. The SMILES string of the molecule is CN(c1cc(C(=O)NC(c2ccccc2)C(F)(F)F)cc(-c2nnc([C@](C)(N)Cc3ccccc3)o2)c1)S(C)(=O)=O. The number of anilines is 1. The molecule has 3 aromatic carbocycles. The molecule has 13 heteroatoms. The predicted octanol–water partition coefficient (Wildman–Crippen LogP) is 4.58. The molecule has 0 fully saturated rings. The molecule has 1 aromatic heterocycles. The number of nitrogens with one attached hydrogen (secondary N) is 1. The van der Waals surface area contributed by atoms with Crippen LogP contribution in [0.5, 0.6) is 0 Å². The van der Waals surface area contributed by atoms with Gasteiger partial charge in [-0.1, -0.05) is 60.7 Å². The highest BCUT2D eigenvalue weighted by atomic mass is 32.2. The Morgan fingerprint density at radius 1 is 1.02 bits per heavy atom. The van der Waals surface area contributed by atoms with Crippen molar-refractivity contribution in [3.8, 4) is 11.5 Å². The van der Waals surface area contributed by atoms with Gasteiger partial charge in [0, 0.05) is 18.2 Å². The summed E-state index contributed by atoms with van der Waals surface area (Å²) in [5.74, 6) is -1.11. The number of halogens is 3. The van der Waals surface area contributed by atoms with Gasteiger partial charge in [0.1, 0.15) is 0 Å². The van der Waals surface area contributed by atoms with Gasteiger partial charge < -0.3 is 15.5 Å². The second kappa shape index (κ2) is 11.3. The van der Waals surface area contributed by atoms with Gasteiger partial charge in [-0.15, -0.1) is 10.2 Å². The zero-order valence-electron chi connectivity index (χ0n) is 22.4. The molecule has 0 saturated carbocycles. The van der Waals surface area contributed by atoms with E-state index in [9.17, 15) is 26.4 Å². The number of carbonyl (C=O) groups excluding carboxylic acids is 1. The van der Waals surface area contributed by atoms with E-state index in [0.717, 1.165) is 22.2 Å². The summed E-state index contributed by atoms with van der Waals surface area (Å²) in [6.45, 7) is 1.70. The van der Waals surface area contributed by atoms with Gasteiger partial charge in [0.05, 0.1) is 17.5 Å². The van der Waals surface area contributed by atoms with Crippen molar-refractivity contribution in [2.24, 2.45) is 5.73 Å². The van der Waals surface area contributed by atoms with Gasteiger partial charge in [0.2, 0.25) is 21.8 Å². The number of benzene rings is 3. The maximum Gasteiger partial charge on any atom is 0.412 e. The van der Waals surface area contributed by atoms with Crippen LogP contribution < -0.4 is 15.4 Å². The van der Waals surface area contributed by atoms with Gasteiger partial charge in [-0.25, -0.2) is 8.42 Å². The highest BCUT2D eigenvalue weighted by Crippen LogP contribution is 2.34. The average molecular weight is 588 g/mol. The van der Waals surface area contributed by atoms with E-state index in [2.05, 4.69) is 10.2 Å². The number of nitrogens with two attached hydrogens (primary N) is 1. The van der Waals surface area contributed by atoms with Crippen molar-refractivity contribution in [3.05, 3.63) is 101 Å². The molecular weight excluding hydrogens is 559 g/mol. The minimum Gasteiger partial charge on any atom is -0.419 e. The third kappa shape index (κ3) is 7.11. The molecule has 0 aliphatic heterocycles. The van der Waals surface area contributed by atoms with E-state index in [1.165, 1.54) is 43.4 Å². The number of carbonyl (C=O) groups is 1. The Balaban J connectivity index is 1.73. The number of hydrogen-bond donors (Lipinski definition) is 2. The molecule has 0 radical (unpaired) electrons. The van der Waals surface area contributed by atoms with Crippen LogP contribution in [-0.4, -0.2) is 44.0 Å². The molecule has 4 aromatic rings. The van der Waals surface area contributed by atoms with Gasteiger partial charge in [-0.05, 0) is 42.7 Å². The van der Waals surface area contributed by atoms with Crippen LogP contribution in [0.2, 0.25) is 0 Å². The van der Waals surface area contributed by atoms with Crippen LogP contribution in [0.3, 0.4) is 0 Å². The van der Waals surface area contributed by atoms with E-state index in [0.29, 0.717) is 6.42 Å². The van der Waals surface area contributed by atoms with Crippen LogP contribution in [0.4, 0.5) is 18.9 Å². The highest BCUT2D eigenvalue weighted by Gasteiger charge is 2.42. The summed E-state index contributed by atoms with van der Waals surface area (Å²) in [6, 6.07) is 17.8. The maximum absolute atomic E-state index is 13.9. The molecule has 4 rings (SSSR count). The van der Waals surface area contributed by atoms with E-state index in [1.54, 1.807) is 13.0 Å². The second-order valence-electron chi connectivity index (χ2n) is 9.85. The molecule has 0 saturated heterocycles. The first-order valence-corrected chi connectivity index (χ1v) is 14.2. The average Bonchev–Trinajstić information content (AvgIpc) is 3.42. The standard InChI is InChI=1S/C28H28F3N5O4S/c1-27(32,17-18-10-6-4-7-11-18)26-35-34-25(40-26)21-14-20(15-22(16-21)36(2)41(3,38)39)24(37)33-23(28(29,30)31)19-12-8-5-9-13-19/h4-16,23H,17,32H2,1-3H3,(H,33,37)/t23?,27-/m1/s1. The summed E-state index contributed by atoms with van der Waals surface area (Å²) in [4.78, 5) is 13.2. The largest absolute Gasteiger partial charge is 0.419 e. The van der Waals surface area contributed by atoms with Crippen LogP contribution in [0.15, 0.2) is 83.3 Å². The van der Waals surface area contributed by atoms with Crippen LogP contribution in [-0.2, 0) is 22.0 Å². The number of sulfonamides is 1. The van der Waals surface area contributed by atoms with Gasteiger partial charge in [-0.3, -0.25) is 9.10 Å². The van der Waals surface area contributed by atoms with Crippen molar-refractivity contribution in [2.45, 2.75) is 31.1 Å². The molecule has 216 valence electrons. The smallest absolute Gasteiger partial charge is 0.412 e. The summed E-state index contributed by atoms with van der Waals surface area (Å²) in [6.07, 6.45) is -3.49. The van der Waals surface area contributed by atoms with Gasteiger partial charge >= 0.3 is 6.18 Å². The van der Waals surface area contributed by atoms with E-state index in [-0.39, 0.29) is 34.2 Å². The molecule has 1 heterocycles. The van der Waals surface area contributed by atoms with Crippen LogP contribution in [0, 0.1) is 0 Å². The normalized spacial score (nSPS) is 14.2. The molecule has 9 nitrogen and oxygen atoms in total. The molecule has 1 amide bonds. The van der Waals surface area contributed by atoms with E-state index in [4.69, 9.17) is 10.2 Å². The van der Waals surface area contributed by atoms with E-state index in [1.807, 2.05) is 35.6 Å². The first-order valence-electron chi connectivity index (χ1n) is 12.3. The van der Waals surface area contributed by atoms with Crippen molar-refractivity contribution in [2.75, 3.05) is 17.6 Å². The Morgan fingerprint density at radius 2 is 1.63 bits per heavy atom. The predicted molar refractivity (Wildman–Crippen MR) is 147 cm³/mol. The van der Waals surface area contributed by atoms with Crippen molar-refractivity contribution < 1.29 is 30.8 Å². The molecule has 41 heavy (non-hydrogen) atoms. The Kier molecular flexibility index (Phi) is 8.22. The monoisotopic (exact) mass is 587 g/mol. The zero-order valence-corrected chi connectivity index (χ0v) is 23.2. The zero-order chi connectivity index (χ0) is 30.0. The summed E-state index contributed by atoms with van der Waals surface area (Å²) in [7, 11) is -2.56. The Bertz CT molecular complexity index is 1630. The molecule has 1 unspecified atom stereocenters. The lowest BCUT2D eigenvalue weighted by Gasteiger charge is -2.23. The number of amides is 1. The van der Waals surface area contributed by atoms with Crippen molar-refractivity contribution in [1.29, 1.82) is 0 Å². The van der Waals surface area contributed by atoms with Gasteiger partial charge in [-0.2, -0.15) is 13.2 Å². The number of hydrogen-bond acceptors (Lipinski definition) is 7. The van der Waals surface area contributed by atoms with Crippen molar-refractivity contribution in [3.63, 3.8) is 0 Å². The Hall–Kier alpha value is -4.23. The second-order valence-corrected chi connectivity index (χ2v) is 11.9. The Morgan fingerprint density at radius 3 is 2.22 bits per heavy atom. The molecule has 3 N–H and O–H groups in total. The molecule has 2 atom stereocenters. The number of aromatic nitrogens is 2. The first kappa shape index (κ1) is 29.7. The van der Waals surface area contributed by atoms with Gasteiger partial charge in [0.15, 0.2) is 6.04 Å². The van der Waals surface area contributed by atoms with Crippen molar-refractivity contribution in [1.82, 2.24) is 15.5 Å². The van der Waals surface area contributed by atoms with Crippen LogP contribution in [0.1, 0.15) is 40.3 Å². The number of rotatable bonds is 9. The summed E-state index contributed by atoms with van der Waals surface area (Å²) >= 11 is 0. The highest BCUT2D eigenvalue weighted by molar-refractivity contribution is 7.92. The Labute approximate surface area is 235 Å². The molecule has 0 aliphatic rings. The number of nitrogens with zero attached hydrogens (tertiary/aromatic N) is 3. The topological polar surface area (TPSA) is 131 Å². The van der Waals surface area contributed by atoms with Gasteiger partial charge in [0.25, 0.3) is 5.91 Å². The fraction of sp³-hybridized carbons (Fsp3) is 0.250. The quantitative estimate of drug-likeness (QED) is 0.293. The molecule has 0 aliphatic carbocycles. The summed E-state index contributed by atoms with van der Waals surface area (Å²) in [5, 5.41) is 10.1. The van der Waals surface area contributed by atoms with Crippen LogP contribution in [0.25, 0.3) is 11.5 Å². The summed E-state index contributed by atoms with van der Waals surface area (Å²) in [5.41, 5.74) is 6.00. The third-order valence-corrected chi connectivity index (χ3v) is 7.56. The molecular formula is C28H28F3N5O4S. The lowest BCUT2D eigenvalue weighted by molar-refractivity contribution is -0.155. The lowest BCUT2D eigenvalue weighted by Crippen LogP contribution is -2.38. The third-order valence-electron chi connectivity index (χ3n) is 6.35. The van der Waals surface area contributed by atoms with E-state index < -0.39 is 33.7 Å². The van der Waals surface area contributed by atoms with Crippen LogP contribution >= 0.6 is 0 Å². The maximum atomic E-state index is 13.9. The minimum atomic E-state index is -4.80. The van der Waals surface area contributed by atoms with E-state index >= 15 is 0 Å². The molecule has 0 spiro atoms. The number of alkyl halides is 3. The molecule has 0 bridgehead atoms. The summed E-state index contributed by atoms with van der Waals surface area (Å²) < 4.78 is 73.0.